The standard InChI is InChI=1S/C25H19ClN2O5/c1-32-24(30)20-14-21(23(29)17-8-7-15-5-3-4-6-16(15)13-17)27-28(22(20)25(31)33-2)19-11-9-18(26)10-12-19/h3-14,22H,1-2H3. The molecule has 1 unspecified atom stereocenters. The van der Waals surface area contributed by atoms with Gasteiger partial charge in [0.05, 0.1) is 25.5 Å². The summed E-state index contributed by atoms with van der Waals surface area (Å²) in [6.07, 6.45) is 1.28. The summed E-state index contributed by atoms with van der Waals surface area (Å²) < 4.78 is 9.79. The second kappa shape index (κ2) is 9.26. The minimum absolute atomic E-state index is 0.0271. The molecule has 3 aromatic rings. The van der Waals surface area contributed by atoms with Crippen molar-refractivity contribution in [2.75, 3.05) is 19.2 Å². The molecule has 0 radical (unpaired) electrons. The summed E-state index contributed by atoms with van der Waals surface area (Å²) in [6, 6.07) is 18.2. The number of fused-ring (bicyclic) bond motifs is 1. The monoisotopic (exact) mass is 462 g/mol. The van der Waals surface area contributed by atoms with Gasteiger partial charge in [0.1, 0.15) is 5.71 Å². The zero-order valence-corrected chi connectivity index (χ0v) is 18.6. The fraction of sp³-hybridized carbons (Fsp3) is 0.120. The molecule has 0 fully saturated rings. The lowest BCUT2D eigenvalue weighted by Gasteiger charge is -2.31. The van der Waals surface area contributed by atoms with Crippen molar-refractivity contribution in [2.24, 2.45) is 5.10 Å². The highest BCUT2D eigenvalue weighted by Gasteiger charge is 2.39. The topological polar surface area (TPSA) is 85.3 Å². The summed E-state index contributed by atoms with van der Waals surface area (Å²) in [6.45, 7) is 0. The maximum atomic E-state index is 13.4. The van der Waals surface area contributed by atoms with Crippen molar-refractivity contribution >= 4 is 51.5 Å². The van der Waals surface area contributed by atoms with Gasteiger partial charge in [0.2, 0.25) is 5.78 Å². The number of rotatable bonds is 5. The molecule has 4 rings (SSSR count). The third kappa shape index (κ3) is 4.36. The fourth-order valence-electron chi connectivity index (χ4n) is 3.58. The van der Waals surface area contributed by atoms with Crippen LogP contribution < -0.4 is 5.01 Å². The van der Waals surface area contributed by atoms with Gasteiger partial charge < -0.3 is 9.47 Å². The summed E-state index contributed by atoms with van der Waals surface area (Å²) in [5.74, 6) is -1.92. The van der Waals surface area contributed by atoms with Crippen molar-refractivity contribution < 1.29 is 23.9 Å². The van der Waals surface area contributed by atoms with Crippen molar-refractivity contribution in [1.82, 2.24) is 0 Å². The minimum atomic E-state index is -1.24. The van der Waals surface area contributed by atoms with Gasteiger partial charge in [-0.15, -0.1) is 0 Å². The predicted octanol–water partition coefficient (Wildman–Crippen LogP) is 4.19. The lowest BCUT2D eigenvalue weighted by atomic mass is 9.97. The van der Waals surface area contributed by atoms with Gasteiger partial charge in [-0.3, -0.25) is 4.79 Å². The Morgan fingerprint density at radius 2 is 1.61 bits per heavy atom. The molecule has 7 nitrogen and oxygen atoms in total. The second-order valence-electron chi connectivity index (χ2n) is 7.21. The Kier molecular flexibility index (Phi) is 6.24. The van der Waals surface area contributed by atoms with Gasteiger partial charge in [0.15, 0.2) is 6.04 Å². The molecule has 0 saturated heterocycles. The number of hydrogen-bond donors (Lipinski definition) is 0. The van der Waals surface area contributed by atoms with Crippen molar-refractivity contribution in [3.8, 4) is 0 Å². The smallest absolute Gasteiger partial charge is 0.336 e. The number of nitrogens with zero attached hydrogens (tertiary/aromatic N) is 2. The quantitative estimate of drug-likeness (QED) is 0.417. The van der Waals surface area contributed by atoms with Crippen LogP contribution in [0.1, 0.15) is 10.4 Å². The van der Waals surface area contributed by atoms with E-state index in [1.54, 1.807) is 36.4 Å². The average Bonchev–Trinajstić information content (AvgIpc) is 2.86. The van der Waals surface area contributed by atoms with Crippen molar-refractivity contribution in [3.05, 3.63) is 89.0 Å². The molecule has 0 saturated carbocycles. The molecule has 0 spiro atoms. The Bertz CT molecular complexity index is 1310. The van der Waals surface area contributed by atoms with E-state index >= 15 is 0 Å². The van der Waals surface area contributed by atoms with Crippen molar-refractivity contribution in [2.45, 2.75) is 6.04 Å². The number of hydrazone groups is 1. The van der Waals surface area contributed by atoms with Crippen LogP contribution in [0, 0.1) is 0 Å². The Morgan fingerprint density at radius 1 is 0.909 bits per heavy atom. The number of allylic oxidation sites excluding steroid dienone is 1. The summed E-state index contributed by atoms with van der Waals surface area (Å²) >= 11 is 6.00. The van der Waals surface area contributed by atoms with E-state index in [0.717, 1.165) is 10.8 Å². The third-order valence-corrected chi connectivity index (χ3v) is 5.48. The molecule has 8 heteroatoms. The van der Waals surface area contributed by atoms with E-state index in [9.17, 15) is 14.4 Å². The molecule has 0 amide bonds. The molecule has 1 atom stereocenters. The normalized spacial score (nSPS) is 15.5. The Balaban J connectivity index is 1.84. The molecular weight excluding hydrogens is 444 g/mol. The first-order valence-electron chi connectivity index (χ1n) is 9.97. The summed E-state index contributed by atoms with van der Waals surface area (Å²) in [5.41, 5.74) is 0.729. The molecule has 33 heavy (non-hydrogen) atoms. The maximum absolute atomic E-state index is 13.4. The van der Waals surface area contributed by atoms with Gasteiger partial charge in [0, 0.05) is 10.6 Å². The molecule has 0 aromatic heterocycles. The minimum Gasteiger partial charge on any atom is -0.467 e. The molecule has 1 heterocycles. The molecule has 0 aliphatic carbocycles. The number of halogens is 1. The van der Waals surface area contributed by atoms with Gasteiger partial charge in [0.25, 0.3) is 0 Å². The van der Waals surface area contributed by atoms with Crippen molar-refractivity contribution in [3.63, 3.8) is 0 Å². The first-order chi connectivity index (χ1) is 15.9. The van der Waals surface area contributed by atoms with E-state index in [-0.39, 0.29) is 11.3 Å². The largest absolute Gasteiger partial charge is 0.467 e. The van der Waals surface area contributed by atoms with Gasteiger partial charge in [-0.25, -0.2) is 14.6 Å². The Hall–Kier alpha value is -3.97. The maximum Gasteiger partial charge on any atom is 0.336 e. The zero-order valence-electron chi connectivity index (χ0n) is 17.8. The number of benzene rings is 3. The lowest BCUT2D eigenvalue weighted by Crippen LogP contribution is -2.46. The summed E-state index contributed by atoms with van der Waals surface area (Å²) in [4.78, 5) is 38.6. The predicted molar refractivity (Wildman–Crippen MR) is 126 cm³/mol. The van der Waals surface area contributed by atoms with Crippen LogP contribution in [0.5, 0.6) is 0 Å². The van der Waals surface area contributed by atoms with E-state index in [1.807, 2.05) is 30.3 Å². The molecule has 3 aromatic carbocycles. The lowest BCUT2D eigenvalue weighted by molar-refractivity contribution is -0.144. The van der Waals surface area contributed by atoms with Crippen LogP contribution in [0.25, 0.3) is 10.8 Å². The Morgan fingerprint density at radius 3 is 2.27 bits per heavy atom. The van der Waals surface area contributed by atoms with Gasteiger partial charge in [-0.05, 0) is 47.2 Å². The molecule has 1 aliphatic heterocycles. The first kappa shape index (κ1) is 22.2. The zero-order chi connectivity index (χ0) is 23.5. The van der Waals surface area contributed by atoms with Crippen LogP contribution in [0.2, 0.25) is 5.02 Å². The van der Waals surface area contributed by atoms with Gasteiger partial charge in [-0.1, -0.05) is 48.0 Å². The van der Waals surface area contributed by atoms with Crippen LogP contribution >= 0.6 is 11.6 Å². The Labute approximate surface area is 194 Å². The van der Waals surface area contributed by atoms with E-state index in [0.29, 0.717) is 16.3 Å². The van der Waals surface area contributed by atoms with E-state index in [4.69, 9.17) is 21.1 Å². The van der Waals surface area contributed by atoms with Crippen LogP contribution in [0.15, 0.2) is 83.5 Å². The summed E-state index contributed by atoms with van der Waals surface area (Å²) in [5, 5.41) is 8.04. The molecule has 0 N–H and O–H groups in total. The number of carbonyl (C=O) groups is 3. The SMILES string of the molecule is COC(=O)C1=CC(C(=O)c2ccc3ccccc3c2)=NN(c2ccc(Cl)cc2)C1C(=O)OC. The highest BCUT2D eigenvalue weighted by atomic mass is 35.5. The van der Waals surface area contributed by atoms with Crippen LogP contribution in [-0.2, 0) is 19.1 Å². The summed E-state index contributed by atoms with van der Waals surface area (Å²) in [7, 11) is 2.40. The number of ether oxygens (including phenoxy) is 2. The number of ketones is 1. The number of hydrogen-bond acceptors (Lipinski definition) is 7. The number of Topliss-reactive ketones (excluding diaryl/α,β-unsaturated/α-hetero) is 1. The number of esters is 2. The highest BCUT2D eigenvalue weighted by molar-refractivity contribution is 6.51. The molecule has 0 bridgehead atoms. The first-order valence-corrected chi connectivity index (χ1v) is 10.4. The van der Waals surface area contributed by atoms with Crippen LogP contribution in [-0.4, -0.2) is 43.7 Å². The molecule has 166 valence electrons. The number of carbonyl (C=O) groups excluding carboxylic acids is 3. The van der Waals surface area contributed by atoms with Crippen LogP contribution in [0.3, 0.4) is 0 Å². The van der Waals surface area contributed by atoms with E-state index in [1.165, 1.54) is 25.3 Å². The van der Waals surface area contributed by atoms with Crippen LogP contribution in [0.4, 0.5) is 5.69 Å². The van der Waals surface area contributed by atoms with E-state index in [2.05, 4.69) is 5.10 Å². The van der Waals surface area contributed by atoms with Gasteiger partial charge in [-0.2, -0.15) is 5.10 Å². The fourth-order valence-corrected chi connectivity index (χ4v) is 3.70. The third-order valence-electron chi connectivity index (χ3n) is 5.23. The molecule has 1 aliphatic rings. The average molecular weight is 463 g/mol. The number of anilines is 1. The number of methoxy groups -OCH3 is 2. The van der Waals surface area contributed by atoms with E-state index < -0.39 is 23.8 Å². The second-order valence-corrected chi connectivity index (χ2v) is 7.65. The highest BCUT2D eigenvalue weighted by Crippen LogP contribution is 2.29. The van der Waals surface area contributed by atoms with Crippen molar-refractivity contribution in [1.29, 1.82) is 0 Å². The van der Waals surface area contributed by atoms with Gasteiger partial charge >= 0.3 is 11.9 Å². The molecular formula is C25H19ClN2O5.